The molecular formula is C12H22N4O2S. The summed E-state index contributed by atoms with van der Waals surface area (Å²) in [7, 11) is -3.62. The molecule has 108 valence electrons. The van der Waals surface area contributed by atoms with Crippen LogP contribution in [0.2, 0.25) is 0 Å². The van der Waals surface area contributed by atoms with Crippen molar-refractivity contribution in [2.45, 2.75) is 32.6 Å². The highest BCUT2D eigenvalue weighted by Crippen LogP contribution is 2.26. The molecule has 0 amide bonds. The van der Waals surface area contributed by atoms with Gasteiger partial charge in [0.1, 0.15) is 4.90 Å². The first-order valence-corrected chi connectivity index (χ1v) is 7.60. The summed E-state index contributed by atoms with van der Waals surface area (Å²) in [5.41, 5.74) is 2.16. The van der Waals surface area contributed by atoms with E-state index in [1.807, 2.05) is 13.8 Å². The van der Waals surface area contributed by atoms with Crippen LogP contribution in [-0.4, -0.2) is 19.9 Å². The zero-order valence-corrected chi connectivity index (χ0v) is 12.6. The molecule has 1 aromatic rings. The molecular weight excluding hydrogens is 264 g/mol. The topological polar surface area (TPSA) is 97.1 Å². The molecule has 4 N–H and O–H groups in total. The molecule has 0 aliphatic carbocycles. The van der Waals surface area contributed by atoms with E-state index in [2.05, 4.69) is 29.0 Å². The second-order valence-corrected chi connectivity index (χ2v) is 7.20. The second-order valence-electron chi connectivity index (χ2n) is 5.46. The van der Waals surface area contributed by atoms with Gasteiger partial charge in [-0.3, -0.25) is 0 Å². The summed E-state index contributed by atoms with van der Waals surface area (Å²) in [6.07, 6.45) is 1.48. The number of pyridine rings is 1. The van der Waals surface area contributed by atoms with Crippen LogP contribution >= 0.6 is 0 Å². The van der Waals surface area contributed by atoms with Crippen molar-refractivity contribution >= 4 is 15.8 Å². The van der Waals surface area contributed by atoms with Crippen molar-refractivity contribution in [1.82, 2.24) is 9.71 Å². The number of nitrogen functional groups attached to an aromatic ring is 1. The Balaban J connectivity index is 2.94. The van der Waals surface area contributed by atoms with E-state index in [-0.39, 0.29) is 16.1 Å². The molecule has 7 heteroatoms. The van der Waals surface area contributed by atoms with E-state index in [1.165, 1.54) is 12.3 Å². The van der Waals surface area contributed by atoms with Crippen LogP contribution in [0.1, 0.15) is 27.7 Å². The fourth-order valence-electron chi connectivity index (χ4n) is 1.28. The van der Waals surface area contributed by atoms with Gasteiger partial charge in [-0.15, -0.1) is 0 Å². The Bertz CT molecular complexity index is 526. The normalized spacial score (nSPS) is 12.7. The molecule has 0 atom stereocenters. The zero-order valence-electron chi connectivity index (χ0n) is 11.8. The highest BCUT2D eigenvalue weighted by molar-refractivity contribution is 7.89. The van der Waals surface area contributed by atoms with Crippen LogP contribution in [0.15, 0.2) is 23.2 Å². The summed E-state index contributed by atoms with van der Waals surface area (Å²) in [5.74, 6) is 5.77. The molecule has 0 bridgehead atoms. The molecule has 1 rings (SSSR count). The highest BCUT2D eigenvalue weighted by Gasteiger charge is 2.26. The molecule has 0 aromatic carbocycles. The van der Waals surface area contributed by atoms with Crippen LogP contribution in [-0.2, 0) is 10.0 Å². The minimum atomic E-state index is -3.62. The number of rotatable bonds is 6. The third-order valence-electron chi connectivity index (χ3n) is 3.48. The Kier molecular flexibility index (Phi) is 4.89. The number of hydrogen-bond donors (Lipinski definition) is 3. The molecule has 0 saturated carbocycles. The number of hydrogen-bond acceptors (Lipinski definition) is 5. The van der Waals surface area contributed by atoms with E-state index in [0.717, 1.165) is 0 Å². The van der Waals surface area contributed by atoms with Crippen LogP contribution in [0.4, 0.5) is 5.82 Å². The second kappa shape index (κ2) is 5.85. The van der Waals surface area contributed by atoms with Gasteiger partial charge < -0.3 is 5.43 Å². The molecule has 0 spiro atoms. The largest absolute Gasteiger partial charge is 0.307 e. The maximum Gasteiger partial charge on any atom is 0.244 e. The summed E-state index contributed by atoms with van der Waals surface area (Å²) in [6.45, 7) is 8.51. The van der Waals surface area contributed by atoms with Crippen molar-refractivity contribution < 1.29 is 8.42 Å². The molecule has 19 heavy (non-hydrogen) atoms. The van der Waals surface area contributed by atoms with Gasteiger partial charge in [-0.05, 0) is 23.5 Å². The number of sulfonamides is 1. The highest BCUT2D eigenvalue weighted by atomic mass is 32.2. The van der Waals surface area contributed by atoms with Gasteiger partial charge in [0.2, 0.25) is 10.0 Å². The lowest BCUT2D eigenvalue weighted by molar-refractivity contribution is 0.252. The van der Waals surface area contributed by atoms with Gasteiger partial charge in [0.25, 0.3) is 0 Å². The van der Waals surface area contributed by atoms with Gasteiger partial charge >= 0.3 is 0 Å². The number of nitrogens with zero attached hydrogens (tertiary/aromatic N) is 1. The Morgan fingerprint density at radius 3 is 2.58 bits per heavy atom. The lowest BCUT2D eigenvalue weighted by atomic mass is 9.81. The van der Waals surface area contributed by atoms with Gasteiger partial charge in [-0.25, -0.2) is 24.0 Å². The molecule has 0 fully saturated rings. The lowest BCUT2D eigenvalue weighted by Gasteiger charge is -2.29. The van der Waals surface area contributed by atoms with E-state index in [4.69, 9.17) is 5.84 Å². The minimum Gasteiger partial charge on any atom is -0.307 e. The van der Waals surface area contributed by atoms with Gasteiger partial charge in [0.15, 0.2) is 5.82 Å². The smallest absolute Gasteiger partial charge is 0.244 e. The van der Waals surface area contributed by atoms with Crippen molar-refractivity contribution in [2.75, 3.05) is 12.0 Å². The van der Waals surface area contributed by atoms with Crippen LogP contribution in [0.25, 0.3) is 0 Å². The summed E-state index contributed by atoms with van der Waals surface area (Å²) in [4.78, 5) is 3.94. The average molecular weight is 286 g/mol. The predicted octanol–water partition coefficient (Wildman–Crippen LogP) is 1.33. The summed E-state index contributed by atoms with van der Waals surface area (Å²) < 4.78 is 27.1. The summed E-state index contributed by atoms with van der Waals surface area (Å²) in [5, 5.41) is 0. The van der Waals surface area contributed by atoms with Crippen LogP contribution in [0.5, 0.6) is 0 Å². The van der Waals surface area contributed by atoms with Gasteiger partial charge in [-0.2, -0.15) is 0 Å². The first kappa shape index (κ1) is 15.9. The predicted molar refractivity (Wildman–Crippen MR) is 75.9 cm³/mol. The Morgan fingerprint density at radius 1 is 1.42 bits per heavy atom. The molecule has 0 aliphatic rings. The van der Waals surface area contributed by atoms with Gasteiger partial charge in [0, 0.05) is 12.7 Å². The number of nitrogens with one attached hydrogen (secondary N) is 2. The first-order valence-electron chi connectivity index (χ1n) is 6.12. The Hall–Kier alpha value is -1.18. The van der Waals surface area contributed by atoms with E-state index >= 15 is 0 Å². The third-order valence-corrected chi connectivity index (χ3v) is 4.91. The van der Waals surface area contributed by atoms with Gasteiger partial charge in [0.05, 0.1) is 0 Å². The van der Waals surface area contributed by atoms with Crippen molar-refractivity contribution in [1.29, 1.82) is 0 Å². The standard InChI is InChI=1S/C12H22N4O2S/c1-9(2)12(3,4)8-15-19(17,18)10-6-5-7-14-11(10)16-13/h5-7,9,15H,8,13H2,1-4H3,(H,14,16). The number of nitrogens with two attached hydrogens (primary N) is 1. The maximum absolute atomic E-state index is 12.2. The molecule has 0 saturated heterocycles. The van der Waals surface area contributed by atoms with Gasteiger partial charge in [-0.1, -0.05) is 27.7 Å². The molecule has 0 radical (unpaired) electrons. The summed E-state index contributed by atoms with van der Waals surface area (Å²) in [6, 6.07) is 3.02. The average Bonchev–Trinajstić information content (AvgIpc) is 2.36. The number of hydrazine groups is 1. The van der Waals surface area contributed by atoms with Crippen molar-refractivity contribution in [3.63, 3.8) is 0 Å². The fraction of sp³-hybridized carbons (Fsp3) is 0.583. The SMILES string of the molecule is CC(C)C(C)(C)CNS(=O)(=O)c1cccnc1NN. The van der Waals surface area contributed by atoms with E-state index in [9.17, 15) is 8.42 Å². The zero-order chi connectivity index (χ0) is 14.7. The molecule has 6 nitrogen and oxygen atoms in total. The molecule has 0 aliphatic heterocycles. The molecule has 1 aromatic heterocycles. The number of anilines is 1. The van der Waals surface area contributed by atoms with Crippen molar-refractivity contribution in [2.24, 2.45) is 17.2 Å². The summed E-state index contributed by atoms with van der Waals surface area (Å²) >= 11 is 0. The lowest BCUT2D eigenvalue weighted by Crippen LogP contribution is -2.37. The van der Waals surface area contributed by atoms with Crippen molar-refractivity contribution in [3.05, 3.63) is 18.3 Å². The monoisotopic (exact) mass is 286 g/mol. The van der Waals surface area contributed by atoms with Crippen LogP contribution in [0.3, 0.4) is 0 Å². The van der Waals surface area contributed by atoms with E-state index < -0.39 is 10.0 Å². The first-order chi connectivity index (χ1) is 8.70. The van der Waals surface area contributed by atoms with E-state index in [1.54, 1.807) is 6.07 Å². The Morgan fingerprint density at radius 2 is 2.05 bits per heavy atom. The fourth-order valence-corrected chi connectivity index (χ4v) is 2.62. The third kappa shape index (κ3) is 3.89. The van der Waals surface area contributed by atoms with Crippen LogP contribution < -0.4 is 16.0 Å². The molecule has 0 unspecified atom stereocenters. The van der Waals surface area contributed by atoms with Crippen LogP contribution in [0, 0.1) is 11.3 Å². The quantitative estimate of drug-likeness (QED) is 0.541. The van der Waals surface area contributed by atoms with E-state index in [0.29, 0.717) is 12.5 Å². The molecule has 1 heterocycles. The van der Waals surface area contributed by atoms with Crippen molar-refractivity contribution in [3.8, 4) is 0 Å². The Labute approximate surface area is 114 Å². The number of aromatic nitrogens is 1. The maximum atomic E-state index is 12.2. The minimum absolute atomic E-state index is 0.0528.